The van der Waals surface area contributed by atoms with Crippen LogP contribution in [0.1, 0.15) is 23.6 Å². The molecular formula is C13H16F3NO2. The second kappa shape index (κ2) is 5.79. The summed E-state index contributed by atoms with van der Waals surface area (Å²) >= 11 is 0. The molecule has 6 heteroatoms. The van der Waals surface area contributed by atoms with E-state index in [1.54, 1.807) is 6.07 Å². The van der Waals surface area contributed by atoms with Gasteiger partial charge in [0.25, 0.3) is 0 Å². The van der Waals surface area contributed by atoms with Crippen LogP contribution < -0.4 is 10.5 Å². The standard InChI is InChI=1S/C13H16F3NO2/c14-13(15,16)8-18-5-6-19-10-2-3-11-9(7-10)1-4-12(11)17/h2-3,7,12H,1,4-6,8,17H2/t12-/m0/s1. The molecule has 0 aliphatic heterocycles. The van der Waals surface area contributed by atoms with Crippen LogP contribution in [-0.2, 0) is 11.2 Å². The Morgan fingerprint density at radius 2 is 2.05 bits per heavy atom. The largest absolute Gasteiger partial charge is 0.491 e. The minimum absolute atomic E-state index is 0.0826. The van der Waals surface area contributed by atoms with E-state index in [0.717, 1.165) is 24.0 Å². The predicted octanol–water partition coefficient (Wildman–Crippen LogP) is 2.59. The number of ether oxygens (including phenoxy) is 2. The molecule has 0 saturated heterocycles. The lowest BCUT2D eigenvalue weighted by Gasteiger charge is -2.10. The van der Waals surface area contributed by atoms with Gasteiger partial charge in [0.1, 0.15) is 19.0 Å². The lowest BCUT2D eigenvalue weighted by molar-refractivity contribution is -0.175. The highest BCUT2D eigenvalue weighted by atomic mass is 19.4. The maximum atomic E-state index is 11.8. The summed E-state index contributed by atoms with van der Waals surface area (Å²) < 4.78 is 45.3. The Hall–Kier alpha value is -1.27. The van der Waals surface area contributed by atoms with Gasteiger partial charge in [-0.05, 0) is 36.1 Å². The summed E-state index contributed by atoms with van der Waals surface area (Å²) in [4.78, 5) is 0. The molecule has 0 aromatic heterocycles. The second-order valence-electron chi connectivity index (χ2n) is 4.52. The van der Waals surface area contributed by atoms with Gasteiger partial charge in [0.05, 0.1) is 6.61 Å². The van der Waals surface area contributed by atoms with Gasteiger partial charge >= 0.3 is 6.18 Å². The molecule has 0 unspecified atom stereocenters. The highest BCUT2D eigenvalue weighted by Crippen LogP contribution is 2.31. The van der Waals surface area contributed by atoms with Crippen molar-refractivity contribution in [3.8, 4) is 5.75 Å². The van der Waals surface area contributed by atoms with Gasteiger partial charge in [-0.1, -0.05) is 6.07 Å². The van der Waals surface area contributed by atoms with Crippen molar-refractivity contribution in [2.24, 2.45) is 5.73 Å². The van der Waals surface area contributed by atoms with E-state index in [1.807, 2.05) is 12.1 Å². The van der Waals surface area contributed by atoms with Crippen LogP contribution in [0.25, 0.3) is 0 Å². The van der Waals surface area contributed by atoms with E-state index in [1.165, 1.54) is 0 Å². The molecule has 0 amide bonds. The highest BCUT2D eigenvalue weighted by Gasteiger charge is 2.27. The van der Waals surface area contributed by atoms with Crippen molar-refractivity contribution in [3.63, 3.8) is 0 Å². The fourth-order valence-electron chi connectivity index (χ4n) is 2.12. The van der Waals surface area contributed by atoms with Gasteiger partial charge in [-0.3, -0.25) is 0 Å². The zero-order valence-corrected chi connectivity index (χ0v) is 10.4. The number of fused-ring (bicyclic) bond motifs is 1. The third-order valence-corrected chi connectivity index (χ3v) is 3.00. The molecule has 1 atom stereocenters. The molecule has 2 N–H and O–H groups in total. The van der Waals surface area contributed by atoms with Crippen molar-refractivity contribution < 1.29 is 22.6 Å². The smallest absolute Gasteiger partial charge is 0.411 e. The summed E-state index contributed by atoms with van der Waals surface area (Å²) in [5, 5.41) is 0. The monoisotopic (exact) mass is 275 g/mol. The number of nitrogens with two attached hydrogens (primary N) is 1. The summed E-state index contributed by atoms with van der Waals surface area (Å²) in [6.07, 6.45) is -2.45. The van der Waals surface area contributed by atoms with Crippen LogP contribution >= 0.6 is 0 Å². The molecule has 2 rings (SSSR count). The van der Waals surface area contributed by atoms with Crippen molar-refractivity contribution in [2.45, 2.75) is 25.1 Å². The topological polar surface area (TPSA) is 44.5 Å². The number of benzene rings is 1. The number of halogens is 3. The first-order valence-corrected chi connectivity index (χ1v) is 6.11. The van der Waals surface area contributed by atoms with E-state index >= 15 is 0 Å². The van der Waals surface area contributed by atoms with Gasteiger partial charge < -0.3 is 15.2 Å². The van der Waals surface area contributed by atoms with Crippen molar-refractivity contribution in [2.75, 3.05) is 19.8 Å². The molecular weight excluding hydrogens is 259 g/mol. The average molecular weight is 275 g/mol. The molecule has 1 aromatic carbocycles. The van der Waals surface area contributed by atoms with E-state index in [4.69, 9.17) is 10.5 Å². The van der Waals surface area contributed by atoms with Gasteiger partial charge in [-0.2, -0.15) is 13.2 Å². The van der Waals surface area contributed by atoms with Gasteiger partial charge in [0.15, 0.2) is 0 Å². The molecule has 0 saturated carbocycles. The first-order valence-electron chi connectivity index (χ1n) is 6.11. The number of hydrogen-bond acceptors (Lipinski definition) is 3. The maximum Gasteiger partial charge on any atom is 0.411 e. The summed E-state index contributed by atoms with van der Waals surface area (Å²) in [5.41, 5.74) is 8.19. The Morgan fingerprint density at radius 1 is 1.26 bits per heavy atom. The van der Waals surface area contributed by atoms with Crippen LogP contribution in [0.5, 0.6) is 5.75 Å². The van der Waals surface area contributed by atoms with Gasteiger partial charge in [-0.25, -0.2) is 0 Å². The first kappa shape index (κ1) is 14.1. The normalized spacial score (nSPS) is 18.4. The maximum absolute atomic E-state index is 11.8. The first-order chi connectivity index (χ1) is 8.96. The Labute approximate surface area is 109 Å². The van der Waals surface area contributed by atoms with Crippen molar-refractivity contribution in [1.82, 2.24) is 0 Å². The highest BCUT2D eigenvalue weighted by molar-refractivity contribution is 5.40. The predicted molar refractivity (Wildman–Crippen MR) is 64.1 cm³/mol. The van der Waals surface area contributed by atoms with Crippen LogP contribution in [0.4, 0.5) is 13.2 Å². The number of rotatable bonds is 5. The minimum Gasteiger partial charge on any atom is -0.491 e. The molecule has 19 heavy (non-hydrogen) atoms. The van der Waals surface area contributed by atoms with Crippen LogP contribution in [0, 0.1) is 0 Å². The molecule has 1 aromatic rings. The molecule has 3 nitrogen and oxygen atoms in total. The zero-order chi connectivity index (χ0) is 13.9. The van der Waals surface area contributed by atoms with Crippen LogP contribution in [0.3, 0.4) is 0 Å². The number of aryl methyl sites for hydroxylation is 1. The summed E-state index contributed by atoms with van der Waals surface area (Å²) in [5.74, 6) is 0.642. The Bertz CT molecular complexity index is 434. The van der Waals surface area contributed by atoms with Crippen molar-refractivity contribution in [3.05, 3.63) is 29.3 Å². The molecule has 1 aliphatic rings. The minimum atomic E-state index is -4.29. The van der Waals surface area contributed by atoms with E-state index < -0.39 is 12.8 Å². The number of alkyl halides is 3. The van der Waals surface area contributed by atoms with E-state index in [0.29, 0.717) is 5.75 Å². The Balaban J connectivity index is 1.75. The van der Waals surface area contributed by atoms with Gasteiger partial charge in [0, 0.05) is 6.04 Å². The molecule has 0 spiro atoms. The second-order valence-corrected chi connectivity index (χ2v) is 4.52. The van der Waals surface area contributed by atoms with Crippen LogP contribution in [0.2, 0.25) is 0 Å². The summed E-state index contributed by atoms with van der Waals surface area (Å²) in [6, 6.07) is 5.68. The lowest BCUT2D eigenvalue weighted by atomic mass is 10.1. The van der Waals surface area contributed by atoms with E-state index in [2.05, 4.69) is 4.74 Å². The quantitative estimate of drug-likeness (QED) is 0.840. The van der Waals surface area contributed by atoms with E-state index in [-0.39, 0.29) is 19.3 Å². The van der Waals surface area contributed by atoms with Crippen LogP contribution in [0.15, 0.2) is 18.2 Å². The van der Waals surface area contributed by atoms with E-state index in [9.17, 15) is 13.2 Å². The average Bonchev–Trinajstić information content (AvgIpc) is 2.69. The fourth-order valence-corrected chi connectivity index (χ4v) is 2.12. The summed E-state index contributed by atoms with van der Waals surface area (Å²) in [6.45, 7) is -1.23. The lowest BCUT2D eigenvalue weighted by Crippen LogP contribution is -2.19. The SMILES string of the molecule is N[C@H]1CCc2cc(OCCOCC(F)(F)F)ccc21. The van der Waals surface area contributed by atoms with Gasteiger partial charge in [0.2, 0.25) is 0 Å². The van der Waals surface area contributed by atoms with Crippen molar-refractivity contribution >= 4 is 0 Å². The Kier molecular flexibility index (Phi) is 4.31. The fraction of sp³-hybridized carbons (Fsp3) is 0.538. The third kappa shape index (κ3) is 4.11. The van der Waals surface area contributed by atoms with Crippen molar-refractivity contribution in [1.29, 1.82) is 0 Å². The molecule has 0 heterocycles. The molecule has 0 fully saturated rings. The van der Waals surface area contributed by atoms with Crippen LogP contribution in [-0.4, -0.2) is 26.0 Å². The molecule has 0 radical (unpaired) electrons. The molecule has 1 aliphatic carbocycles. The van der Waals surface area contributed by atoms with Gasteiger partial charge in [-0.15, -0.1) is 0 Å². The number of hydrogen-bond donors (Lipinski definition) is 1. The zero-order valence-electron chi connectivity index (χ0n) is 10.4. The summed E-state index contributed by atoms with van der Waals surface area (Å²) in [7, 11) is 0. The molecule has 0 bridgehead atoms. The Morgan fingerprint density at radius 3 is 2.79 bits per heavy atom. The molecule has 106 valence electrons. The third-order valence-electron chi connectivity index (χ3n) is 3.00.